The van der Waals surface area contributed by atoms with Crippen LogP contribution in [0.25, 0.3) is 0 Å². The summed E-state index contributed by atoms with van der Waals surface area (Å²) in [5.74, 6) is 3.54. The normalized spacial score (nSPS) is 10.9. The molecule has 0 atom stereocenters. The molecule has 1 heteroatoms. The molecule has 0 spiro atoms. The zero-order valence-electron chi connectivity index (χ0n) is 12.3. The standard InChI is InChI=1S/C19H20O/c1-5-16-12-9-13-17(19(2,3)4)18(16)20-14-15-10-7-6-8-11-15/h1,6-13H,14H2,2-4H3. The Morgan fingerprint density at radius 2 is 1.70 bits per heavy atom. The molecule has 2 aromatic carbocycles. The molecule has 0 saturated heterocycles. The van der Waals surface area contributed by atoms with Gasteiger partial charge in [-0.25, -0.2) is 0 Å². The Morgan fingerprint density at radius 1 is 1.00 bits per heavy atom. The summed E-state index contributed by atoms with van der Waals surface area (Å²) in [5, 5.41) is 0. The lowest BCUT2D eigenvalue weighted by Gasteiger charge is -2.23. The quantitative estimate of drug-likeness (QED) is 0.739. The molecule has 0 unspecified atom stereocenters. The fourth-order valence-corrected chi connectivity index (χ4v) is 2.13. The summed E-state index contributed by atoms with van der Waals surface area (Å²) in [5.41, 5.74) is 3.09. The van der Waals surface area contributed by atoms with Gasteiger partial charge in [0.05, 0.1) is 5.56 Å². The van der Waals surface area contributed by atoms with E-state index in [2.05, 4.69) is 44.9 Å². The Bertz CT molecular complexity index is 612. The van der Waals surface area contributed by atoms with Gasteiger partial charge in [0, 0.05) is 5.56 Å². The van der Waals surface area contributed by atoms with Crippen molar-refractivity contribution in [2.75, 3.05) is 0 Å². The Balaban J connectivity index is 2.33. The first-order valence-electron chi connectivity index (χ1n) is 6.79. The highest BCUT2D eigenvalue weighted by Gasteiger charge is 2.20. The van der Waals surface area contributed by atoms with Crippen LogP contribution in [0.4, 0.5) is 0 Å². The third-order valence-corrected chi connectivity index (χ3v) is 3.20. The van der Waals surface area contributed by atoms with Crippen LogP contribution >= 0.6 is 0 Å². The minimum atomic E-state index is -0.00111. The van der Waals surface area contributed by atoms with E-state index in [9.17, 15) is 0 Å². The lowest BCUT2D eigenvalue weighted by molar-refractivity contribution is 0.297. The molecule has 0 fully saturated rings. The number of ether oxygens (including phenoxy) is 1. The van der Waals surface area contributed by atoms with Crippen LogP contribution in [0.15, 0.2) is 48.5 Å². The van der Waals surface area contributed by atoms with Crippen molar-refractivity contribution in [3.05, 3.63) is 65.2 Å². The van der Waals surface area contributed by atoms with E-state index in [-0.39, 0.29) is 5.41 Å². The van der Waals surface area contributed by atoms with E-state index in [1.165, 1.54) is 0 Å². The second-order valence-electron chi connectivity index (χ2n) is 5.85. The molecule has 2 aromatic rings. The van der Waals surface area contributed by atoms with E-state index in [1.54, 1.807) is 0 Å². The van der Waals surface area contributed by atoms with Crippen LogP contribution in [-0.2, 0) is 12.0 Å². The van der Waals surface area contributed by atoms with Crippen molar-refractivity contribution >= 4 is 0 Å². The van der Waals surface area contributed by atoms with E-state index < -0.39 is 0 Å². The number of rotatable bonds is 3. The van der Waals surface area contributed by atoms with E-state index in [0.29, 0.717) is 6.61 Å². The summed E-state index contributed by atoms with van der Waals surface area (Å²) in [6.07, 6.45) is 5.60. The van der Waals surface area contributed by atoms with Gasteiger partial charge in [-0.3, -0.25) is 0 Å². The third-order valence-electron chi connectivity index (χ3n) is 3.20. The van der Waals surface area contributed by atoms with Gasteiger partial charge >= 0.3 is 0 Å². The molecule has 0 radical (unpaired) electrons. The Morgan fingerprint density at radius 3 is 2.30 bits per heavy atom. The first-order valence-corrected chi connectivity index (χ1v) is 6.79. The van der Waals surface area contributed by atoms with Crippen LogP contribution in [0.1, 0.15) is 37.5 Å². The summed E-state index contributed by atoms with van der Waals surface area (Å²) >= 11 is 0. The first-order chi connectivity index (χ1) is 9.52. The van der Waals surface area contributed by atoms with Crippen LogP contribution < -0.4 is 4.74 Å². The maximum atomic E-state index is 6.03. The highest BCUT2D eigenvalue weighted by molar-refractivity contribution is 5.52. The molecular weight excluding hydrogens is 244 g/mol. The number of terminal acetylenes is 1. The summed E-state index contributed by atoms with van der Waals surface area (Å²) in [4.78, 5) is 0. The van der Waals surface area contributed by atoms with Crippen molar-refractivity contribution in [2.45, 2.75) is 32.8 Å². The maximum absolute atomic E-state index is 6.03. The molecule has 0 aliphatic carbocycles. The highest BCUT2D eigenvalue weighted by Crippen LogP contribution is 2.34. The van der Waals surface area contributed by atoms with Gasteiger partial charge in [0.25, 0.3) is 0 Å². The van der Waals surface area contributed by atoms with E-state index in [0.717, 1.165) is 22.4 Å². The minimum absolute atomic E-state index is 0.00111. The summed E-state index contributed by atoms with van der Waals surface area (Å²) in [6.45, 7) is 7.02. The summed E-state index contributed by atoms with van der Waals surface area (Å²) in [7, 11) is 0. The molecule has 0 bridgehead atoms. The number of para-hydroxylation sites is 1. The predicted octanol–water partition coefficient (Wildman–Crippen LogP) is 4.54. The third kappa shape index (κ3) is 3.22. The van der Waals surface area contributed by atoms with Crippen LogP contribution in [0.5, 0.6) is 5.75 Å². The Hall–Kier alpha value is -2.20. The van der Waals surface area contributed by atoms with Crippen molar-refractivity contribution in [3.8, 4) is 18.1 Å². The monoisotopic (exact) mass is 264 g/mol. The van der Waals surface area contributed by atoms with Crippen molar-refractivity contribution in [1.82, 2.24) is 0 Å². The zero-order chi connectivity index (χ0) is 14.6. The van der Waals surface area contributed by atoms with Gasteiger partial charge in [-0.1, -0.05) is 69.2 Å². The minimum Gasteiger partial charge on any atom is -0.487 e. The molecule has 20 heavy (non-hydrogen) atoms. The molecule has 0 N–H and O–H groups in total. The molecule has 102 valence electrons. The Labute approximate surface area is 121 Å². The summed E-state index contributed by atoms with van der Waals surface area (Å²) in [6, 6.07) is 16.1. The van der Waals surface area contributed by atoms with Crippen LogP contribution in [-0.4, -0.2) is 0 Å². The lowest BCUT2D eigenvalue weighted by Crippen LogP contribution is -2.14. The number of benzene rings is 2. The van der Waals surface area contributed by atoms with Crippen LogP contribution in [0.2, 0.25) is 0 Å². The SMILES string of the molecule is C#Cc1cccc(C(C)(C)C)c1OCc1ccccc1. The lowest BCUT2D eigenvalue weighted by atomic mass is 9.85. The van der Waals surface area contributed by atoms with Crippen LogP contribution in [0.3, 0.4) is 0 Å². The van der Waals surface area contributed by atoms with Crippen molar-refractivity contribution in [2.24, 2.45) is 0 Å². The van der Waals surface area contributed by atoms with Crippen LogP contribution in [0, 0.1) is 12.3 Å². The fraction of sp³-hybridized carbons (Fsp3) is 0.263. The average Bonchev–Trinajstić information content (AvgIpc) is 2.44. The van der Waals surface area contributed by atoms with Gasteiger partial charge in [-0.15, -0.1) is 6.42 Å². The van der Waals surface area contributed by atoms with E-state index in [1.807, 2.05) is 30.3 Å². The molecule has 0 aliphatic heterocycles. The largest absolute Gasteiger partial charge is 0.487 e. The van der Waals surface area contributed by atoms with Crippen molar-refractivity contribution in [1.29, 1.82) is 0 Å². The number of hydrogen-bond donors (Lipinski definition) is 0. The van der Waals surface area contributed by atoms with Gasteiger partial charge in [0.1, 0.15) is 12.4 Å². The molecule has 0 heterocycles. The molecule has 0 amide bonds. The van der Waals surface area contributed by atoms with Gasteiger partial charge in [0.15, 0.2) is 0 Å². The fourth-order valence-electron chi connectivity index (χ4n) is 2.13. The molecule has 1 nitrogen and oxygen atoms in total. The zero-order valence-corrected chi connectivity index (χ0v) is 12.3. The maximum Gasteiger partial charge on any atom is 0.139 e. The molecule has 0 aliphatic rings. The predicted molar refractivity (Wildman–Crippen MR) is 83.9 cm³/mol. The first kappa shape index (κ1) is 14.2. The van der Waals surface area contributed by atoms with E-state index >= 15 is 0 Å². The number of hydrogen-bond acceptors (Lipinski definition) is 1. The second-order valence-corrected chi connectivity index (χ2v) is 5.85. The smallest absolute Gasteiger partial charge is 0.139 e. The van der Waals surface area contributed by atoms with E-state index in [4.69, 9.17) is 11.2 Å². The molecule has 0 aromatic heterocycles. The van der Waals surface area contributed by atoms with Gasteiger partial charge in [0.2, 0.25) is 0 Å². The molecular formula is C19H20O. The molecule has 2 rings (SSSR count). The summed E-state index contributed by atoms with van der Waals surface area (Å²) < 4.78 is 6.03. The van der Waals surface area contributed by atoms with Gasteiger partial charge in [-0.05, 0) is 17.0 Å². The Kier molecular flexibility index (Phi) is 4.15. The van der Waals surface area contributed by atoms with Gasteiger partial charge < -0.3 is 4.74 Å². The highest BCUT2D eigenvalue weighted by atomic mass is 16.5. The topological polar surface area (TPSA) is 9.23 Å². The average molecular weight is 264 g/mol. The van der Waals surface area contributed by atoms with Crippen molar-refractivity contribution < 1.29 is 4.74 Å². The second kappa shape index (κ2) is 5.84. The van der Waals surface area contributed by atoms with Crippen molar-refractivity contribution in [3.63, 3.8) is 0 Å². The molecule has 0 saturated carbocycles. The van der Waals surface area contributed by atoms with Gasteiger partial charge in [-0.2, -0.15) is 0 Å².